The number of likely N-dealkylation sites (tertiary alicyclic amines) is 1. The third-order valence-corrected chi connectivity index (χ3v) is 5.57. The molecule has 1 aromatic carbocycles. The number of carbonyl (C=O) groups is 1. The van der Waals surface area contributed by atoms with Gasteiger partial charge in [0.05, 0.1) is 38.5 Å². The number of carbonyl (C=O) groups excluding carboxylic acids is 1. The fraction of sp³-hybridized carbons (Fsp3) is 0.524. The molecule has 4 rings (SSSR count). The summed E-state index contributed by atoms with van der Waals surface area (Å²) < 4.78 is 23.9. The number of aryl methyl sites for hydroxylation is 1. The van der Waals surface area contributed by atoms with E-state index in [1.54, 1.807) is 32.0 Å². The van der Waals surface area contributed by atoms with Gasteiger partial charge in [0.25, 0.3) is 5.91 Å². The van der Waals surface area contributed by atoms with Gasteiger partial charge in [0.15, 0.2) is 5.79 Å². The van der Waals surface area contributed by atoms with Crippen molar-refractivity contribution in [2.45, 2.75) is 19.6 Å². The van der Waals surface area contributed by atoms with Gasteiger partial charge >= 0.3 is 0 Å². The first-order valence-electron chi connectivity index (χ1n) is 9.59. The van der Waals surface area contributed by atoms with E-state index in [9.17, 15) is 4.79 Å². The summed E-state index contributed by atoms with van der Waals surface area (Å²) in [6.07, 6.45) is 0. The minimum absolute atomic E-state index is 0.0522. The zero-order chi connectivity index (χ0) is 20.8. The van der Waals surface area contributed by atoms with Gasteiger partial charge in [0.2, 0.25) is 0 Å². The summed E-state index contributed by atoms with van der Waals surface area (Å²) in [5, 5.41) is 4.53. The minimum Gasteiger partial charge on any atom is -0.497 e. The smallest absolute Gasteiger partial charge is 0.272 e. The number of nitrogens with zero attached hydrogens (tertiary/aromatic N) is 3. The second-order valence-corrected chi connectivity index (χ2v) is 8.24. The summed E-state index contributed by atoms with van der Waals surface area (Å²) in [5.74, 6) is 0.764. The number of ether oxygens (including phenoxy) is 4. The van der Waals surface area contributed by atoms with E-state index >= 15 is 0 Å². The quantitative estimate of drug-likeness (QED) is 0.783. The third kappa shape index (κ3) is 3.58. The van der Waals surface area contributed by atoms with Crippen LogP contribution in [0, 0.1) is 5.41 Å². The largest absolute Gasteiger partial charge is 0.497 e. The van der Waals surface area contributed by atoms with Crippen LogP contribution in [0.1, 0.15) is 24.3 Å². The van der Waals surface area contributed by atoms with Gasteiger partial charge < -0.3 is 23.8 Å². The minimum atomic E-state index is -0.553. The molecule has 0 atom stereocenters. The number of methoxy groups -OCH3 is 2. The van der Waals surface area contributed by atoms with Gasteiger partial charge in [0, 0.05) is 25.7 Å². The van der Waals surface area contributed by atoms with Crippen LogP contribution in [0.3, 0.4) is 0 Å². The SMILES string of the molecule is COc1ccc(OC)c(-c2cc(C(=O)N3CC4(COC(C)(C)OC4)C3)n(C)n2)c1. The Morgan fingerprint density at radius 1 is 1.10 bits per heavy atom. The lowest BCUT2D eigenvalue weighted by Crippen LogP contribution is -2.66. The van der Waals surface area contributed by atoms with Gasteiger partial charge in [-0.15, -0.1) is 0 Å². The van der Waals surface area contributed by atoms with Crippen LogP contribution >= 0.6 is 0 Å². The molecule has 2 saturated heterocycles. The van der Waals surface area contributed by atoms with Crippen LogP contribution in [-0.2, 0) is 16.5 Å². The van der Waals surface area contributed by atoms with E-state index in [2.05, 4.69) is 5.10 Å². The summed E-state index contributed by atoms with van der Waals surface area (Å²) in [4.78, 5) is 14.9. The Hall–Kier alpha value is -2.58. The Morgan fingerprint density at radius 2 is 1.79 bits per heavy atom. The van der Waals surface area contributed by atoms with Crippen molar-refractivity contribution in [3.8, 4) is 22.8 Å². The number of hydrogen-bond donors (Lipinski definition) is 0. The second-order valence-electron chi connectivity index (χ2n) is 8.24. The molecule has 156 valence electrons. The first kappa shape index (κ1) is 19.7. The third-order valence-electron chi connectivity index (χ3n) is 5.57. The van der Waals surface area contributed by atoms with Crippen molar-refractivity contribution in [3.05, 3.63) is 30.0 Å². The highest BCUT2D eigenvalue weighted by Gasteiger charge is 2.50. The van der Waals surface area contributed by atoms with Crippen LogP contribution in [0.15, 0.2) is 24.3 Å². The molecule has 0 saturated carbocycles. The van der Waals surface area contributed by atoms with Crippen molar-refractivity contribution in [3.63, 3.8) is 0 Å². The molecule has 8 nitrogen and oxygen atoms in total. The molecule has 0 unspecified atom stereocenters. The average Bonchev–Trinajstić information content (AvgIpc) is 3.07. The Bertz CT molecular complexity index is 918. The summed E-state index contributed by atoms with van der Waals surface area (Å²) in [6.45, 7) is 6.25. The van der Waals surface area contributed by atoms with Gasteiger partial charge in [-0.05, 0) is 38.1 Å². The molecule has 0 aliphatic carbocycles. The Morgan fingerprint density at radius 3 is 2.41 bits per heavy atom. The molecule has 1 spiro atoms. The van der Waals surface area contributed by atoms with Crippen LogP contribution in [-0.4, -0.2) is 66.9 Å². The number of aromatic nitrogens is 2. The highest BCUT2D eigenvalue weighted by atomic mass is 16.7. The Kier molecular flexibility index (Phi) is 4.78. The van der Waals surface area contributed by atoms with Crippen molar-refractivity contribution >= 4 is 5.91 Å². The molecule has 1 aromatic heterocycles. The summed E-state index contributed by atoms with van der Waals surface area (Å²) >= 11 is 0. The maximum Gasteiger partial charge on any atom is 0.272 e. The molecule has 2 fully saturated rings. The predicted molar refractivity (Wildman–Crippen MR) is 106 cm³/mol. The lowest BCUT2D eigenvalue weighted by Gasteiger charge is -2.53. The predicted octanol–water partition coefficient (Wildman–Crippen LogP) is 2.33. The zero-order valence-corrected chi connectivity index (χ0v) is 17.5. The van der Waals surface area contributed by atoms with E-state index in [-0.39, 0.29) is 11.3 Å². The van der Waals surface area contributed by atoms with E-state index in [1.807, 2.05) is 36.9 Å². The number of rotatable bonds is 4. The highest BCUT2D eigenvalue weighted by Crippen LogP contribution is 2.39. The molecule has 1 amide bonds. The van der Waals surface area contributed by atoms with Crippen LogP contribution in [0.25, 0.3) is 11.3 Å². The molecule has 8 heteroatoms. The zero-order valence-electron chi connectivity index (χ0n) is 17.5. The number of amides is 1. The number of benzene rings is 1. The molecule has 0 N–H and O–H groups in total. The van der Waals surface area contributed by atoms with E-state index in [1.165, 1.54) is 0 Å². The highest BCUT2D eigenvalue weighted by molar-refractivity contribution is 5.94. The van der Waals surface area contributed by atoms with Crippen molar-refractivity contribution in [1.29, 1.82) is 0 Å². The van der Waals surface area contributed by atoms with Gasteiger partial charge in [-0.2, -0.15) is 5.10 Å². The molecular weight excluding hydrogens is 374 g/mol. The van der Waals surface area contributed by atoms with Crippen molar-refractivity contribution < 1.29 is 23.7 Å². The molecule has 29 heavy (non-hydrogen) atoms. The topological polar surface area (TPSA) is 75.1 Å². The maximum absolute atomic E-state index is 13.1. The van der Waals surface area contributed by atoms with E-state index in [4.69, 9.17) is 18.9 Å². The molecule has 2 aliphatic heterocycles. The molecule has 0 radical (unpaired) electrons. The fourth-order valence-electron chi connectivity index (χ4n) is 3.80. The molecule has 0 bridgehead atoms. The van der Waals surface area contributed by atoms with E-state index in [0.717, 1.165) is 5.56 Å². The van der Waals surface area contributed by atoms with Crippen LogP contribution in [0.5, 0.6) is 11.5 Å². The summed E-state index contributed by atoms with van der Waals surface area (Å²) in [5.41, 5.74) is 1.85. The van der Waals surface area contributed by atoms with Gasteiger partial charge in [-0.3, -0.25) is 9.48 Å². The van der Waals surface area contributed by atoms with Crippen molar-refractivity contribution in [1.82, 2.24) is 14.7 Å². The number of hydrogen-bond acceptors (Lipinski definition) is 6. The molecule has 2 aromatic rings. The lowest BCUT2D eigenvalue weighted by molar-refractivity contribution is -0.301. The van der Waals surface area contributed by atoms with Crippen LogP contribution < -0.4 is 9.47 Å². The van der Waals surface area contributed by atoms with Gasteiger partial charge in [-0.1, -0.05) is 0 Å². The van der Waals surface area contributed by atoms with Gasteiger partial charge in [0.1, 0.15) is 17.2 Å². The first-order chi connectivity index (χ1) is 13.8. The molecule has 3 heterocycles. The Labute approximate surface area is 170 Å². The van der Waals surface area contributed by atoms with Crippen LogP contribution in [0.4, 0.5) is 0 Å². The lowest BCUT2D eigenvalue weighted by atomic mass is 9.80. The van der Waals surface area contributed by atoms with Crippen molar-refractivity contribution in [2.75, 3.05) is 40.5 Å². The van der Waals surface area contributed by atoms with Gasteiger partial charge in [-0.25, -0.2) is 0 Å². The summed E-state index contributed by atoms with van der Waals surface area (Å²) in [7, 11) is 4.99. The van der Waals surface area contributed by atoms with Crippen LogP contribution in [0.2, 0.25) is 0 Å². The van der Waals surface area contributed by atoms with E-state index in [0.29, 0.717) is 49.2 Å². The fourth-order valence-corrected chi connectivity index (χ4v) is 3.80. The average molecular weight is 401 g/mol. The van der Waals surface area contributed by atoms with Crippen molar-refractivity contribution in [2.24, 2.45) is 12.5 Å². The molecular formula is C21H27N3O5. The molecule has 2 aliphatic rings. The monoisotopic (exact) mass is 401 g/mol. The summed E-state index contributed by atoms with van der Waals surface area (Å²) in [6, 6.07) is 7.30. The standard InChI is InChI=1S/C21H27N3O5/c1-20(2)28-12-21(13-29-20)10-24(11-21)19(25)17-9-16(22-23(17)3)15-8-14(26-4)6-7-18(15)27-5/h6-9H,10-13H2,1-5H3. The Balaban J connectivity index is 1.52. The normalized spacial score (nSPS) is 19.7. The first-order valence-corrected chi connectivity index (χ1v) is 9.59. The second kappa shape index (κ2) is 7.03. The maximum atomic E-state index is 13.1. The van der Waals surface area contributed by atoms with E-state index < -0.39 is 5.79 Å².